The molecule has 1 N–H and O–H groups in total. The van der Waals surface area contributed by atoms with Crippen molar-refractivity contribution in [2.75, 3.05) is 0 Å². The highest BCUT2D eigenvalue weighted by Gasteiger charge is 2.16. The predicted octanol–water partition coefficient (Wildman–Crippen LogP) is 2.97. The molecule has 7 nitrogen and oxygen atoms in total. The molecule has 3 heterocycles. The Hall–Kier alpha value is -3.29. The number of nitrogens with zero attached hydrogens (tertiary/aromatic N) is 5. The molecule has 0 bridgehead atoms. The van der Waals surface area contributed by atoms with Gasteiger partial charge in [-0.25, -0.2) is 4.39 Å². The Morgan fingerprint density at radius 1 is 1.21 bits per heavy atom. The Labute approximate surface area is 136 Å². The van der Waals surface area contributed by atoms with Crippen molar-refractivity contribution in [3.8, 4) is 34.2 Å². The van der Waals surface area contributed by atoms with E-state index in [0.717, 1.165) is 17.0 Å². The van der Waals surface area contributed by atoms with Crippen LogP contribution in [-0.2, 0) is 7.05 Å². The molecule has 24 heavy (non-hydrogen) atoms. The fourth-order valence-electron chi connectivity index (χ4n) is 2.37. The molecule has 0 aliphatic carbocycles. The molecular weight excluding hydrogens is 311 g/mol. The standard InChI is InChI=1S/C16H13FN6O/c1-9-12(8-18-23(9)2)13-7-14(21-20-13)16-19-15(22-24-16)10-3-5-11(17)6-4-10/h3-8H,1-2H3,(H,20,21). The molecule has 0 saturated carbocycles. The monoisotopic (exact) mass is 324 g/mol. The van der Waals surface area contributed by atoms with Gasteiger partial charge in [-0.3, -0.25) is 9.78 Å². The third-order valence-corrected chi connectivity index (χ3v) is 3.85. The van der Waals surface area contributed by atoms with Gasteiger partial charge >= 0.3 is 0 Å². The Morgan fingerprint density at radius 2 is 2.00 bits per heavy atom. The first-order chi connectivity index (χ1) is 11.6. The highest BCUT2D eigenvalue weighted by molar-refractivity contribution is 5.66. The third kappa shape index (κ3) is 2.37. The van der Waals surface area contributed by atoms with Gasteiger partial charge < -0.3 is 4.52 Å². The van der Waals surface area contributed by atoms with Crippen LogP contribution in [0.3, 0.4) is 0 Å². The van der Waals surface area contributed by atoms with Crippen LogP contribution < -0.4 is 0 Å². The Balaban J connectivity index is 1.66. The molecule has 0 atom stereocenters. The Morgan fingerprint density at radius 3 is 2.71 bits per heavy atom. The average molecular weight is 324 g/mol. The minimum atomic E-state index is -0.312. The van der Waals surface area contributed by atoms with E-state index in [1.807, 2.05) is 20.0 Å². The molecule has 0 fully saturated rings. The summed E-state index contributed by atoms with van der Waals surface area (Å²) in [5.74, 6) is 0.390. The average Bonchev–Trinajstić information content (AvgIpc) is 3.29. The quantitative estimate of drug-likeness (QED) is 0.626. The smallest absolute Gasteiger partial charge is 0.276 e. The number of halogens is 1. The minimum Gasteiger partial charge on any atom is -0.332 e. The first-order valence-electron chi connectivity index (χ1n) is 7.26. The van der Waals surface area contributed by atoms with E-state index in [1.165, 1.54) is 12.1 Å². The summed E-state index contributed by atoms with van der Waals surface area (Å²) < 4.78 is 20.0. The topological polar surface area (TPSA) is 85.4 Å². The summed E-state index contributed by atoms with van der Waals surface area (Å²) >= 11 is 0. The molecule has 4 aromatic rings. The summed E-state index contributed by atoms with van der Waals surface area (Å²) in [6, 6.07) is 7.73. The SMILES string of the molecule is Cc1c(-c2cc(-c3nc(-c4ccc(F)cc4)no3)[nH]n2)cnn1C. The number of hydrogen-bond donors (Lipinski definition) is 1. The lowest BCUT2D eigenvalue weighted by atomic mass is 10.2. The van der Waals surface area contributed by atoms with Gasteiger partial charge in [0.2, 0.25) is 5.82 Å². The molecule has 0 aliphatic heterocycles. The zero-order valence-corrected chi connectivity index (χ0v) is 13.0. The molecule has 0 saturated heterocycles. The largest absolute Gasteiger partial charge is 0.332 e. The van der Waals surface area contributed by atoms with Crippen LogP contribution in [-0.4, -0.2) is 30.1 Å². The Bertz CT molecular complexity index is 998. The van der Waals surface area contributed by atoms with Crippen LogP contribution in [0.4, 0.5) is 4.39 Å². The molecule has 0 spiro atoms. The molecule has 120 valence electrons. The predicted molar refractivity (Wildman–Crippen MR) is 84.2 cm³/mol. The van der Waals surface area contributed by atoms with Gasteiger partial charge in [0.1, 0.15) is 11.5 Å². The van der Waals surface area contributed by atoms with Crippen molar-refractivity contribution in [1.29, 1.82) is 0 Å². The fraction of sp³-hybridized carbons (Fsp3) is 0.125. The van der Waals surface area contributed by atoms with Gasteiger partial charge in [0.15, 0.2) is 0 Å². The van der Waals surface area contributed by atoms with E-state index in [2.05, 4.69) is 25.4 Å². The van der Waals surface area contributed by atoms with E-state index in [0.29, 0.717) is 23.0 Å². The van der Waals surface area contributed by atoms with Crippen molar-refractivity contribution in [3.63, 3.8) is 0 Å². The molecule has 4 rings (SSSR count). The lowest BCUT2D eigenvalue weighted by Crippen LogP contribution is -1.92. The zero-order chi connectivity index (χ0) is 16.7. The lowest BCUT2D eigenvalue weighted by Gasteiger charge is -1.94. The number of aromatic nitrogens is 6. The van der Waals surface area contributed by atoms with Crippen molar-refractivity contribution >= 4 is 0 Å². The van der Waals surface area contributed by atoms with Crippen molar-refractivity contribution in [2.45, 2.75) is 6.92 Å². The van der Waals surface area contributed by atoms with E-state index in [1.54, 1.807) is 23.0 Å². The van der Waals surface area contributed by atoms with Crippen molar-refractivity contribution in [2.24, 2.45) is 7.05 Å². The zero-order valence-electron chi connectivity index (χ0n) is 13.0. The lowest BCUT2D eigenvalue weighted by molar-refractivity contribution is 0.431. The summed E-state index contributed by atoms with van der Waals surface area (Å²) in [6.07, 6.45) is 1.76. The molecule has 0 unspecified atom stereocenters. The van der Waals surface area contributed by atoms with E-state index < -0.39 is 0 Å². The molecular formula is C16H13FN6O. The van der Waals surface area contributed by atoms with Crippen LogP contribution in [0.2, 0.25) is 0 Å². The number of H-pyrrole nitrogens is 1. The highest BCUT2D eigenvalue weighted by atomic mass is 19.1. The van der Waals surface area contributed by atoms with Crippen molar-refractivity contribution < 1.29 is 8.91 Å². The van der Waals surface area contributed by atoms with E-state index >= 15 is 0 Å². The molecule has 0 radical (unpaired) electrons. The number of aryl methyl sites for hydroxylation is 1. The van der Waals surface area contributed by atoms with Crippen LogP contribution in [0.15, 0.2) is 41.1 Å². The number of benzene rings is 1. The molecule has 0 aliphatic rings. The van der Waals surface area contributed by atoms with E-state index in [9.17, 15) is 4.39 Å². The maximum Gasteiger partial charge on any atom is 0.276 e. The molecule has 8 heteroatoms. The highest BCUT2D eigenvalue weighted by Crippen LogP contribution is 2.26. The van der Waals surface area contributed by atoms with Crippen LogP contribution >= 0.6 is 0 Å². The second-order valence-electron chi connectivity index (χ2n) is 5.36. The van der Waals surface area contributed by atoms with Crippen molar-refractivity contribution in [1.82, 2.24) is 30.1 Å². The van der Waals surface area contributed by atoms with Gasteiger partial charge in [-0.1, -0.05) is 5.16 Å². The van der Waals surface area contributed by atoms with E-state index in [4.69, 9.17) is 4.52 Å². The maximum absolute atomic E-state index is 13.0. The molecule has 3 aromatic heterocycles. The number of rotatable bonds is 3. The van der Waals surface area contributed by atoms with Crippen LogP contribution in [0.5, 0.6) is 0 Å². The normalized spacial score (nSPS) is 11.1. The van der Waals surface area contributed by atoms with Gasteiger partial charge in [0, 0.05) is 23.9 Å². The van der Waals surface area contributed by atoms with Gasteiger partial charge in [0.25, 0.3) is 5.89 Å². The summed E-state index contributed by atoms with van der Waals surface area (Å²) in [6.45, 7) is 1.97. The summed E-state index contributed by atoms with van der Waals surface area (Å²) in [5.41, 5.74) is 3.96. The number of hydrogen-bond acceptors (Lipinski definition) is 5. The molecule has 0 amide bonds. The van der Waals surface area contributed by atoms with Crippen LogP contribution in [0.25, 0.3) is 34.2 Å². The van der Waals surface area contributed by atoms with E-state index in [-0.39, 0.29) is 5.82 Å². The summed E-state index contributed by atoms with van der Waals surface area (Å²) in [5, 5.41) is 15.3. The molecule has 1 aromatic carbocycles. The van der Waals surface area contributed by atoms with Gasteiger partial charge in [-0.15, -0.1) is 0 Å². The first-order valence-corrected chi connectivity index (χ1v) is 7.26. The first kappa shape index (κ1) is 14.3. The number of nitrogens with one attached hydrogen (secondary N) is 1. The fourth-order valence-corrected chi connectivity index (χ4v) is 2.37. The second kappa shape index (κ2) is 5.41. The second-order valence-corrected chi connectivity index (χ2v) is 5.36. The Kier molecular flexibility index (Phi) is 3.23. The summed E-state index contributed by atoms with van der Waals surface area (Å²) in [4.78, 5) is 4.32. The third-order valence-electron chi connectivity index (χ3n) is 3.85. The van der Waals surface area contributed by atoms with Crippen molar-refractivity contribution in [3.05, 3.63) is 48.0 Å². The van der Waals surface area contributed by atoms with Gasteiger partial charge in [-0.05, 0) is 37.3 Å². The summed E-state index contributed by atoms with van der Waals surface area (Å²) in [7, 11) is 1.87. The minimum absolute atomic E-state index is 0.312. The maximum atomic E-state index is 13.0. The van der Waals surface area contributed by atoms with Gasteiger partial charge in [0.05, 0.1) is 11.9 Å². The van der Waals surface area contributed by atoms with Gasteiger partial charge in [-0.2, -0.15) is 15.2 Å². The van der Waals surface area contributed by atoms with Crippen LogP contribution in [0, 0.1) is 12.7 Å². The van der Waals surface area contributed by atoms with Crippen LogP contribution in [0.1, 0.15) is 5.69 Å². The number of aromatic amines is 1.